The van der Waals surface area contributed by atoms with Gasteiger partial charge in [0.1, 0.15) is 13.1 Å². The summed E-state index contributed by atoms with van der Waals surface area (Å²) in [6.07, 6.45) is 33.8. The first-order valence-corrected chi connectivity index (χ1v) is 14.0. The van der Waals surface area contributed by atoms with Crippen molar-refractivity contribution in [2.24, 2.45) is 0 Å². The molecule has 0 amide bonds. The van der Waals surface area contributed by atoms with Crippen molar-refractivity contribution < 1.29 is 9.13 Å². The molecule has 2 aromatic rings. The summed E-state index contributed by atoms with van der Waals surface area (Å²) in [6, 6.07) is 8.90. The topological polar surface area (TPSA) is 7.76 Å². The molecule has 2 heteroatoms. The van der Waals surface area contributed by atoms with E-state index < -0.39 is 0 Å². The highest BCUT2D eigenvalue weighted by Crippen LogP contribution is 2.11. The minimum Gasteiger partial charge on any atom is -0.205 e. The Labute approximate surface area is 210 Å². The predicted molar refractivity (Wildman–Crippen MR) is 146 cm³/mol. The van der Waals surface area contributed by atoms with Gasteiger partial charge in [-0.3, -0.25) is 0 Å². The van der Waals surface area contributed by atoms with Crippen LogP contribution in [0.1, 0.15) is 101 Å². The zero-order valence-electron chi connectivity index (χ0n) is 21.8. The number of nitrogens with zero attached hydrogens (tertiary/aromatic N) is 2. The number of aromatic nitrogens is 2. The third-order valence-electron chi connectivity index (χ3n) is 6.67. The van der Waals surface area contributed by atoms with Crippen LogP contribution < -0.4 is 9.13 Å². The average molecular weight is 463 g/mol. The lowest BCUT2D eigenvalue weighted by molar-refractivity contribution is -0.697. The van der Waals surface area contributed by atoms with Crippen LogP contribution in [-0.2, 0) is 25.9 Å². The Kier molecular flexibility index (Phi) is 15.8. The van der Waals surface area contributed by atoms with E-state index in [4.69, 9.17) is 0 Å². The Bertz CT molecular complexity index is 728. The number of aryl methyl sites for hydroxylation is 4. The summed E-state index contributed by atoms with van der Waals surface area (Å²) >= 11 is 0. The fourth-order valence-corrected chi connectivity index (χ4v) is 4.63. The van der Waals surface area contributed by atoms with Crippen molar-refractivity contribution in [1.29, 1.82) is 0 Å². The Morgan fingerprint density at radius 2 is 0.912 bits per heavy atom. The highest BCUT2D eigenvalue weighted by atomic mass is 14.9. The molecule has 0 atom stereocenters. The van der Waals surface area contributed by atoms with Gasteiger partial charge in [0.05, 0.1) is 0 Å². The van der Waals surface area contributed by atoms with E-state index in [1.54, 1.807) is 0 Å². The van der Waals surface area contributed by atoms with E-state index >= 15 is 0 Å². The van der Waals surface area contributed by atoms with Gasteiger partial charge < -0.3 is 0 Å². The molecule has 0 spiro atoms. The van der Waals surface area contributed by atoms with E-state index in [-0.39, 0.29) is 0 Å². The molecular formula is C32H50N2+2. The highest BCUT2D eigenvalue weighted by molar-refractivity contribution is 5.06. The minimum absolute atomic E-state index is 1.11. The summed E-state index contributed by atoms with van der Waals surface area (Å²) in [5.41, 5.74) is 2.91. The van der Waals surface area contributed by atoms with E-state index in [0.29, 0.717) is 0 Å². The fourth-order valence-electron chi connectivity index (χ4n) is 4.63. The Hall–Kier alpha value is -2.22. The van der Waals surface area contributed by atoms with Crippen molar-refractivity contribution in [3.05, 3.63) is 85.5 Å². The molecule has 0 N–H and O–H groups in total. The Balaban J connectivity index is 1.41. The first-order valence-electron chi connectivity index (χ1n) is 14.0. The number of hydrogen-bond acceptors (Lipinski definition) is 0. The number of hydrogen-bond donors (Lipinski definition) is 0. The molecule has 0 aromatic carbocycles. The van der Waals surface area contributed by atoms with Crippen LogP contribution in [0.25, 0.3) is 0 Å². The minimum atomic E-state index is 1.11. The van der Waals surface area contributed by atoms with Crippen LogP contribution in [-0.4, -0.2) is 0 Å². The molecule has 2 nitrogen and oxygen atoms in total. The molecule has 2 heterocycles. The second kappa shape index (κ2) is 19.1. The molecule has 186 valence electrons. The summed E-state index contributed by atoms with van der Waals surface area (Å²) in [5.74, 6) is 0. The SMILES string of the molecule is C=CCCCc1ccc[n+](CCCCCCCCCCCC[n+]2cccc(CCCC=C)c2)c1. The molecule has 0 aliphatic heterocycles. The van der Waals surface area contributed by atoms with Crippen LogP contribution in [0.5, 0.6) is 0 Å². The molecular weight excluding hydrogens is 412 g/mol. The number of unbranched alkanes of at least 4 members (excludes halogenated alkanes) is 11. The van der Waals surface area contributed by atoms with Crippen molar-refractivity contribution >= 4 is 0 Å². The van der Waals surface area contributed by atoms with E-state index in [0.717, 1.165) is 38.8 Å². The van der Waals surface area contributed by atoms with Gasteiger partial charge in [-0.15, -0.1) is 13.2 Å². The molecule has 0 aliphatic carbocycles. The van der Waals surface area contributed by atoms with Crippen molar-refractivity contribution in [1.82, 2.24) is 0 Å². The monoisotopic (exact) mass is 462 g/mol. The van der Waals surface area contributed by atoms with E-state index in [1.165, 1.54) is 88.2 Å². The number of rotatable bonds is 21. The van der Waals surface area contributed by atoms with Crippen molar-refractivity contribution in [2.45, 2.75) is 116 Å². The summed E-state index contributed by atoms with van der Waals surface area (Å²) in [5, 5.41) is 0. The molecule has 0 radical (unpaired) electrons. The van der Waals surface area contributed by atoms with Crippen LogP contribution in [0.4, 0.5) is 0 Å². The lowest BCUT2D eigenvalue weighted by Crippen LogP contribution is -2.33. The lowest BCUT2D eigenvalue weighted by atomic mass is 10.1. The van der Waals surface area contributed by atoms with Crippen molar-refractivity contribution in [3.8, 4) is 0 Å². The van der Waals surface area contributed by atoms with Crippen LogP contribution in [0, 0.1) is 0 Å². The lowest BCUT2D eigenvalue weighted by Gasteiger charge is -2.03. The molecule has 0 fully saturated rings. The molecule has 0 unspecified atom stereocenters. The summed E-state index contributed by atoms with van der Waals surface area (Å²) in [7, 11) is 0. The smallest absolute Gasteiger partial charge is 0.171 e. The third-order valence-corrected chi connectivity index (χ3v) is 6.67. The second-order valence-electron chi connectivity index (χ2n) is 9.80. The molecule has 34 heavy (non-hydrogen) atoms. The molecule has 0 aliphatic rings. The van der Waals surface area contributed by atoms with Crippen LogP contribution in [0.2, 0.25) is 0 Å². The van der Waals surface area contributed by atoms with Crippen LogP contribution in [0.3, 0.4) is 0 Å². The van der Waals surface area contributed by atoms with Crippen LogP contribution in [0.15, 0.2) is 74.4 Å². The van der Waals surface area contributed by atoms with Gasteiger partial charge in [-0.25, -0.2) is 9.13 Å². The molecule has 2 rings (SSSR count). The first-order chi connectivity index (χ1) is 16.8. The van der Waals surface area contributed by atoms with Gasteiger partial charge in [-0.2, -0.15) is 0 Å². The van der Waals surface area contributed by atoms with Crippen molar-refractivity contribution in [3.63, 3.8) is 0 Å². The van der Waals surface area contributed by atoms with Gasteiger partial charge in [0.25, 0.3) is 0 Å². The Morgan fingerprint density at radius 1 is 0.529 bits per heavy atom. The second-order valence-corrected chi connectivity index (χ2v) is 9.80. The predicted octanol–water partition coefficient (Wildman–Crippen LogP) is 7.88. The summed E-state index contributed by atoms with van der Waals surface area (Å²) in [6.45, 7) is 9.95. The molecule has 0 bridgehead atoms. The molecule has 2 aromatic heterocycles. The summed E-state index contributed by atoms with van der Waals surface area (Å²) < 4.78 is 4.75. The maximum atomic E-state index is 3.82. The fraction of sp³-hybridized carbons (Fsp3) is 0.562. The third kappa shape index (κ3) is 13.5. The quantitative estimate of drug-likeness (QED) is 0.101. The zero-order chi connectivity index (χ0) is 24.1. The maximum absolute atomic E-state index is 3.82. The standard InChI is InChI=1S/C32H50N2/c1-3-5-15-21-31-23-19-27-33(29-31)25-17-13-11-9-7-8-10-12-14-18-26-34-28-20-24-32(30-34)22-16-6-4-2/h3-4,19-20,23-24,27-30H,1-2,5-18,21-22,25-26H2/q+2. The Morgan fingerprint density at radius 3 is 1.29 bits per heavy atom. The maximum Gasteiger partial charge on any atom is 0.171 e. The van der Waals surface area contributed by atoms with Gasteiger partial charge in [0.15, 0.2) is 24.8 Å². The number of pyridine rings is 2. The normalized spacial score (nSPS) is 10.9. The van der Waals surface area contributed by atoms with Gasteiger partial charge in [-0.1, -0.05) is 50.7 Å². The average Bonchev–Trinajstić information content (AvgIpc) is 2.86. The number of allylic oxidation sites excluding steroid dienone is 2. The molecule has 0 saturated heterocycles. The zero-order valence-corrected chi connectivity index (χ0v) is 21.8. The first kappa shape index (κ1) is 28.0. The highest BCUT2D eigenvalue weighted by Gasteiger charge is 2.04. The van der Waals surface area contributed by atoms with E-state index in [9.17, 15) is 0 Å². The van der Waals surface area contributed by atoms with E-state index in [2.05, 4.69) is 71.3 Å². The van der Waals surface area contributed by atoms with Crippen LogP contribution >= 0.6 is 0 Å². The summed E-state index contributed by atoms with van der Waals surface area (Å²) in [4.78, 5) is 0. The van der Waals surface area contributed by atoms with Gasteiger partial charge in [-0.05, 0) is 63.5 Å². The van der Waals surface area contributed by atoms with Crippen molar-refractivity contribution in [2.75, 3.05) is 0 Å². The largest absolute Gasteiger partial charge is 0.205 e. The van der Waals surface area contributed by atoms with Gasteiger partial charge >= 0.3 is 0 Å². The van der Waals surface area contributed by atoms with Gasteiger partial charge in [0.2, 0.25) is 0 Å². The molecule has 0 saturated carbocycles. The van der Waals surface area contributed by atoms with Gasteiger partial charge in [0, 0.05) is 36.1 Å². The van der Waals surface area contributed by atoms with E-state index in [1.807, 2.05) is 12.2 Å².